The maximum atomic E-state index is 9.48. The number of phenolic OH excluding ortho intramolecular Hbond substituents is 1. The summed E-state index contributed by atoms with van der Waals surface area (Å²) < 4.78 is 0. The molecule has 0 aromatic heterocycles. The van der Waals surface area contributed by atoms with E-state index < -0.39 is 0 Å². The van der Waals surface area contributed by atoms with Gasteiger partial charge in [0.25, 0.3) is 0 Å². The minimum atomic E-state index is 0.330. The number of aromatic hydroxyl groups is 1. The molecule has 1 N–H and O–H groups in total. The maximum absolute atomic E-state index is 9.48. The molecule has 2 heteroatoms. The smallest absolute Gasteiger partial charge is 0.115 e. The Bertz CT molecular complexity index is 673. The summed E-state index contributed by atoms with van der Waals surface area (Å²) in [5.74, 6) is 0.330. The van der Waals surface area contributed by atoms with Gasteiger partial charge in [0.2, 0.25) is 0 Å². The van der Waals surface area contributed by atoms with E-state index in [0.29, 0.717) is 11.8 Å². The number of benzene rings is 2. The summed E-state index contributed by atoms with van der Waals surface area (Å²) in [6.07, 6.45) is 3.48. The van der Waals surface area contributed by atoms with Gasteiger partial charge in [0, 0.05) is 18.3 Å². The first-order chi connectivity index (χ1) is 11.1. The SMILES string of the molecule is CC1=C(C)N(Cc2ccc(O)cc2)C(Cc2ccccc2)CC1. The summed E-state index contributed by atoms with van der Waals surface area (Å²) in [4.78, 5) is 2.54. The van der Waals surface area contributed by atoms with Crippen LogP contribution in [0.25, 0.3) is 0 Å². The third-order valence-electron chi connectivity index (χ3n) is 4.95. The van der Waals surface area contributed by atoms with Crippen molar-refractivity contribution in [3.8, 4) is 5.75 Å². The molecule has 1 atom stereocenters. The van der Waals surface area contributed by atoms with Crippen LogP contribution in [0, 0.1) is 0 Å². The molecule has 120 valence electrons. The molecule has 23 heavy (non-hydrogen) atoms. The molecule has 1 aliphatic rings. The van der Waals surface area contributed by atoms with Crippen molar-refractivity contribution in [3.63, 3.8) is 0 Å². The average molecular weight is 307 g/mol. The minimum absolute atomic E-state index is 0.330. The zero-order chi connectivity index (χ0) is 16.2. The van der Waals surface area contributed by atoms with Crippen LogP contribution in [0.5, 0.6) is 5.75 Å². The fraction of sp³-hybridized carbons (Fsp3) is 0.333. The molecule has 3 rings (SSSR count). The van der Waals surface area contributed by atoms with Gasteiger partial charge in [-0.1, -0.05) is 48.0 Å². The van der Waals surface area contributed by atoms with E-state index in [4.69, 9.17) is 0 Å². The van der Waals surface area contributed by atoms with E-state index in [1.54, 1.807) is 12.1 Å². The Kier molecular flexibility index (Phi) is 4.71. The van der Waals surface area contributed by atoms with Gasteiger partial charge < -0.3 is 10.0 Å². The number of nitrogens with zero attached hydrogens (tertiary/aromatic N) is 1. The molecular weight excluding hydrogens is 282 g/mol. The van der Waals surface area contributed by atoms with E-state index in [9.17, 15) is 5.11 Å². The predicted octanol–water partition coefficient (Wildman–Crippen LogP) is 4.89. The molecule has 0 aliphatic carbocycles. The topological polar surface area (TPSA) is 23.5 Å². The summed E-state index contributed by atoms with van der Waals surface area (Å²) in [5, 5.41) is 9.48. The van der Waals surface area contributed by atoms with Crippen LogP contribution in [0.4, 0.5) is 0 Å². The molecule has 2 nitrogen and oxygen atoms in total. The lowest BCUT2D eigenvalue weighted by atomic mass is 9.92. The predicted molar refractivity (Wildman–Crippen MR) is 95.2 cm³/mol. The quantitative estimate of drug-likeness (QED) is 0.869. The number of phenols is 1. The Morgan fingerprint density at radius 2 is 1.65 bits per heavy atom. The van der Waals surface area contributed by atoms with Crippen LogP contribution in [0.1, 0.15) is 37.8 Å². The maximum Gasteiger partial charge on any atom is 0.115 e. The van der Waals surface area contributed by atoms with Gasteiger partial charge in [0.1, 0.15) is 5.75 Å². The zero-order valence-electron chi connectivity index (χ0n) is 14.0. The van der Waals surface area contributed by atoms with Crippen LogP contribution in [0.3, 0.4) is 0 Å². The highest BCUT2D eigenvalue weighted by Crippen LogP contribution is 2.30. The molecule has 1 unspecified atom stereocenters. The largest absolute Gasteiger partial charge is 0.508 e. The highest BCUT2D eigenvalue weighted by molar-refractivity contribution is 5.27. The Hall–Kier alpha value is -2.22. The minimum Gasteiger partial charge on any atom is -0.508 e. The monoisotopic (exact) mass is 307 g/mol. The summed E-state index contributed by atoms with van der Waals surface area (Å²) in [7, 11) is 0. The van der Waals surface area contributed by atoms with Crippen LogP contribution in [0.2, 0.25) is 0 Å². The number of hydrogen-bond donors (Lipinski definition) is 1. The van der Waals surface area contributed by atoms with Gasteiger partial charge in [-0.15, -0.1) is 0 Å². The first-order valence-electron chi connectivity index (χ1n) is 8.38. The molecule has 0 saturated heterocycles. The van der Waals surface area contributed by atoms with Crippen molar-refractivity contribution in [1.29, 1.82) is 0 Å². The van der Waals surface area contributed by atoms with E-state index in [0.717, 1.165) is 13.0 Å². The summed E-state index contributed by atoms with van der Waals surface area (Å²) in [6, 6.07) is 18.9. The van der Waals surface area contributed by atoms with Gasteiger partial charge in [-0.05, 0) is 56.4 Å². The normalized spacial score (nSPS) is 18.3. The first kappa shape index (κ1) is 15.7. The van der Waals surface area contributed by atoms with Crippen LogP contribution >= 0.6 is 0 Å². The van der Waals surface area contributed by atoms with E-state index in [-0.39, 0.29) is 0 Å². The number of rotatable bonds is 4. The van der Waals surface area contributed by atoms with Gasteiger partial charge >= 0.3 is 0 Å². The summed E-state index contributed by atoms with van der Waals surface area (Å²) >= 11 is 0. The Morgan fingerprint density at radius 3 is 2.35 bits per heavy atom. The van der Waals surface area contributed by atoms with Gasteiger partial charge in [-0.2, -0.15) is 0 Å². The van der Waals surface area contributed by atoms with E-state index in [1.165, 1.54) is 35.2 Å². The van der Waals surface area contributed by atoms with Crippen molar-refractivity contribution in [3.05, 3.63) is 77.0 Å². The van der Waals surface area contributed by atoms with Crippen molar-refractivity contribution < 1.29 is 5.11 Å². The third-order valence-corrected chi connectivity index (χ3v) is 4.95. The van der Waals surface area contributed by atoms with E-state index in [2.05, 4.69) is 49.1 Å². The second-order valence-corrected chi connectivity index (χ2v) is 6.54. The lowest BCUT2D eigenvalue weighted by molar-refractivity contribution is 0.211. The highest BCUT2D eigenvalue weighted by atomic mass is 16.3. The number of hydrogen-bond acceptors (Lipinski definition) is 2. The van der Waals surface area contributed by atoms with Crippen molar-refractivity contribution in [2.45, 2.75) is 45.7 Å². The lowest BCUT2D eigenvalue weighted by Crippen LogP contribution is -2.38. The van der Waals surface area contributed by atoms with Gasteiger partial charge in [0.15, 0.2) is 0 Å². The molecule has 0 saturated carbocycles. The Morgan fingerprint density at radius 1 is 0.957 bits per heavy atom. The molecule has 0 amide bonds. The molecule has 2 aromatic rings. The molecule has 0 spiro atoms. The lowest BCUT2D eigenvalue weighted by Gasteiger charge is -2.39. The van der Waals surface area contributed by atoms with Gasteiger partial charge in [0.05, 0.1) is 0 Å². The second kappa shape index (κ2) is 6.91. The molecule has 1 heterocycles. The van der Waals surface area contributed by atoms with E-state index in [1.807, 2.05) is 12.1 Å². The van der Waals surface area contributed by atoms with Crippen molar-refractivity contribution >= 4 is 0 Å². The first-order valence-corrected chi connectivity index (χ1v) is 8.38. The molecule has 0 bridgehead atoms. The Labute approximate surface area is 139 Å². The third kappa shape index (κ3) is 3.76. The van der Waals surface area contributed by atoms with Crippen LogP contribution < -0.4 is 0 Å². The van der Waals surface area contributed by atoms with Crippen LogP contribution in [-0.4, -0.2) is 16.0 Å². The van der Waals surface area contributed by atoms with Crippen LogP contribution in [0.15, 0.2) is 65.9 Å². The highest BCUT2D eigenvalue weighted by Gasteiger charge is 2.24. The average Bonchev–Trinajstić information content (AvgIpc) is 2.57. The van der Waals surface area contributed by atoms with Gasteiger partial charge in [-0.25, -0.2) is 0 Å². The molecule has 0 fully saturated rings. The van der Waals surface area contributed by atoms with Crippen LogP contribution in [-0.2, 0) is 13.0 Å². The van der Waals surface area contributed by atoms with Gasteiger partial charge in [-0.3, -0.25) is 0 Å². The molecule has 0 radical (unpaired) electrons. The van der Waals surface area contributed by atoms with E-state index >= 15 is 0 Å². The summed E-state index contributed by atoms with van der Waals surface area (Å²) in [6.45, 7) is 5.39. The molecule has 1 aliphatic heterocycles. The number of allylic oxidation sites excluding steroid dienone is 2. The Balaban J connectivity index is 1.81. The fourth-order valence-electron chi connectivity index (χ4n) is 3.38. The van der Waals surface area contributed by atoms with Crippen molar-refractivity contribution in [2.75, 3.05) is 0 Å². The fourth-order valence-corrected chi connectivity index (χ4v) is 3.38. The molecule has 2 aromatic carbocycles. The molecular formula is C21H25NO. The van der Waals surface area contributed by atoms with Crippen molar-refractivity contribution in [1.82, 2.24) is 4.90 Å². The standard InChI is InChI=1S/C21H25NO/c1-16-8-11-20(14-18-6-4-3-5-7-18)22(17(16)2)15-19-9-12-21(23)13-10-19/h3-7,9-10,12-13,20,23H,8,11,14-15H2,1-2H3. The van der Waals surface area contributed by atoms with Crippen molar-refractivity contribution in [2.24, 2.45) is 0 Å². The summed E-state index contributed by atoms with van der Waals surface area (Å²) in [5.41, 5.74) is 5.55. The second-order valence-electron chi connectivity index (χ2n) is 6.54. The zero-order valence-corrected chi connectivity index (χ0v) is 14.0.